The van der Waals surface area contributed by atoms with Gasteiger partial charge < -0.3 is 4.74 Å². The maximum absolute atomic E-state index is 5.14. The minimum Gasteiger partial charge on any atom is -0.376 e. The lowest BCUT2D eigenvalue weighted by Crippen LogP contribution is -2.49. The van der Waals surface area contributed by atoms with Crippen molar-refractivity contribution < 1.29 is 4.74 Å². The van der Waals surface area contributed by atoms with Crippen LogP contribution in [0.5, 0.6) is 0 Å². The quantitative estimate of drug-likeness (QED) is 0.598. The van der Waals surface area contributed by atoms with Crippen molar-refractivity contribution in [2.75, 3.05) is 13.2 Å². The van der Waals surface area contributed by atoms with Gasteiger partial charge in [-0.25, -0.2) is 0 Å². The van der Waals surface area contributed by atoms with Crippen LogP contribution in [0.25, 0.3) is 0 Å². The van der Waals surface area contributed by atoms with Crippen LogP contribution in [0, 0.1) is 6.92 Å². The van der Waals surface area contributed by atoms with Crippen LogP contribution in [-0.2, 0) is 10.3 Å². The molecule has 0 atom stereocenters. The Morgan fingerprint density at radius 3 is 2.73 bits per heavy atom. The molecule has 2 rings (SSSR count). The number of aryl methyl sites for hydroxylation is 1. The van der Waals surface area contributed by atoms with Crippen molar-refractivity contribution in [2.24, 2.45) is 0 Å². The molecule has 0 radical (unpaired) electrons. The summed E-state index contributed by atoms with van der Waals surface area (Å²) in [5.74, 6) is 0. The Labute approximate surface area is 66.0 Å². The van der Waals surface area contributed by atoms with E-state index in [1.807, 2.05) is 17.8 Å². The predicted molar refractivity (Wildman–Crippen MR) is 41.4 cm³/mol. The molecule has 0 unspecified atom stereocenters. The van der Waals surface area contributed by atoms with Crippen molar-refractivity contribution in [1.29, 1.82) is 0 Å². The first-order chi connectivity index (χ1) is 5.21. The third-order valence-electron chi connectivity index (χ3n) is 2.09. The molecule has 1 aromatic heterocycles. The largest absolute Gasteiger partial charge is 0.376 e. The van der Waals surface area contributed by atoms with Crippen LogP contribution in [-0.4, -0.2) is 23.0 Å². The van der Waals surface area contributed by atoms with E-state index in [9.17, 15) is 0 Å². The molecule has 1 aliphatic heterocycles. The fourth-order valence-electron chi connectivity index (χ4n) is 1.24. The van der Waals surface area contributed by atoms with Crippen LogP contribution >= 0.6 is 0 Å². The molecule has 3 heteroatoms. The number of hydrogen-bond donors (Lipinski definition) is 0. The summed E-state index contributed by atoms with van der Waals surface area (Å²) in [7, 11) is 0. The van der Waals surface area contributed by atoms with Gasteiger partial charge in [-0.15, -0.1) is 0 Å². The second kappa shape index (κ2) is 2.08. The van der Waals surface area contributed by atoms with Gasteiger partial charge in [0.25, 0.3) is 0 Å². The Morgan fingerprint density at radius 2 is 2.36 bits per heavy atom. The second-order valence-electron chi connectivity index (χ2n) is 3.45. The van der Waals surface area contributed by atoms with Gasteiger partial charge in [0.1, 0.15) is 5.54 Å². The molecule has 2 heterocycles. The molecule has 60 valence electrons. The lowest BCUT2D eigenvalue weighted by atomic mass is 10.0. The number of aromatic nitrogens is 2. The van der Waals surface area contributed by atoms with Crippen LogP contribution in [0.1, 0.15) is 12.5 Å². The zero-order valence-corrected chi connectivity index (χ0v) is 6.87. The maximum atomic E-state index is 5.14. The summed E-state index contributed by atoms with van der Waals surface area (Å²) in [5, 5.41) is 4.25. The van der Waals surface area contributed by atoms with E-state index in [1.165, 1.54) is 5.56 Å². The van der Waals surface area contributed by atoms with Crippen LogP contribution < -0.4 is 0 Å². The van der Waals surface area contributed by atoms with E-state index in [0.29, 0.717) is 0 Å². The number of hydrogen-bond acceptors (Lipinski definition) is 2. The molecule has 0 N–H and O–H groups in total. The van der Waals surface area contributed by atoms with Crippen molar-refractivity contribution >= 4 is 0 Å². The highest BCUT2D eigenvalue weighted by Crippen LogP contribution is 2.24. The third kappa shape index (κ3) is 0.959. The average molecular weight is 152 g/mol. The summed E-state index contributed by atoms with van der Waals surface area (Å²) >= 11 is 0. The molecule has 0 saturated carbocycles. The SMILES string of the molecule is Cc1cnn(C2(C)COC2)c1. The van der Waals surface area contributed by atoms with Crippen LogP contribution in [0.2, 0.25) is 0 Å². The Morgan fingerprint density at radius 1 is 1.64 bits per heavy atom. The summed E-state index contributed by atoms with van der Waals surface area (Å²) in [6.07, 6.45) is 3.94. The molecule has 1 aromatic rings. The zero-order chi connectivity index (χ0) is 7.90. The minimum atomic E-state index is 0.119. The minimum absolute atomic E-state index is 0.119. The molecule has 0 aliphatic carbocycles. The summed E-state index contributed by atoms with van der Waals surface area (Å²) in [6.45, 7) is 5.78. The van der Waals surface area contributed by atoms with Gasteiger partial charge in [0.05, 0.1) is 19.4 Å². The van der Waals surface area contributed by atoms with Gasteiger partial charge in [-0.05, 0) is 19.4 Å². The molecule has 3 nitrogen and oxygen atoms in total. The monoisotopic (exact) mass is 152 g/mol. The van der Waals surface area contributed by atoms with Crippen molar-refractivity contribution in [1.82, 2.24) is 9.78 Å². The smallest absolute Gasteiger partial charge is 0.106 e. The van der Waals surface area contributed by atoms with Crippen LogP contribution in [0.15, 0.2) is 12.4 Å². The average Bonchev–Trinajstić information content (AvgIpc) is 2.31. The molecular formula is C8H12N2O. The Bertz CT molecular complexity index is 263. The summed E-state index contributed by atoms with van der Waals surface area (Å²) < 4.78 is 7.13. The number of rotatable bonds is 1. The van der Waals surface area contributed by atoms with E-state index >= 15 is 0 Å². The van der Waals surface area contributed by atoms with Gasteiger partial charge in [-0.1, -0.05) is 0 Å². The lowest BCUT2D eigenvalue weighted by molar-refractivity contribution is -0.0958. The van der Waals surface area contributed by atoms with Gasteiger partial charge in [0.15, 0.2) is 0 Å². The number of ether oxygens (including phenoxy) is 1. The summed E-state index contributed by atoms with van der Waals surface area (Å²) in [4.78, 5) is 0. The predicted octanol–water partition coefficient (Wildman–Crippen LogP) is 0.937. The van der Waals surface area contributed by atoms with E-state index in [1.54, 1.807) is 0 Å². The molecule has 1 aliphatic rings. The van der Waals surface area contributed by atoms with Crippen molar-refractivity contribution in [3.63, 3.8) is 0 Å². The van der Waals surface area contributed by atoms with Crippen molar-refractivity contribution in [2.45, 2.75) is 19.4 Å². The molecule has 0 bridgehead atoms. The standard InChI is InChI=1S/C8H12N2O/c1-7-3-9-10(4-7)8(2)5-11-6-8/h3-4H,5-6H2,1-2H3. The fourth-order valence-corrected chi connectivity index (χ4v) is 1.24. The van der Waals surface area contributed by atoms with Crippen molar-refractivity contribution in [3.05, 3.63) is 18.0 Å². The van der Waals surface area contributed by atoms with Gasteiger partial charge >= 0.3 is 0 Å². The Hall–Kier alpha value is -0.830. The molecule has 0 amide bonds. The van der Waals surface area contributed by atoms with E-state index in [0.717, 1.165) is 13.2 Å². The zero-order valence-electron chi connectivity index (χ0n) is 6.87. The topological polar surface area (TPSA) is 27.1 Å². The van der Waals surface area contributed by atoms with Crippen LogP contribution in [0.3, 0.4) is 0 Å². The summed E-state index contributed by atoms with van der Waals surface area (Å²) in [6, 6.07) is 0. The lowest BCUT2D eigenvalue weighted by Gasteiger charge is -2.38. The van der Waals surface area contributed by atoms with Gasteiger partial charge in [0, 0.05) is 6.20 Å². The van der Waals surface area contributed by atoms with E-state index in [2.05, 4.69) is 18.2 Å². The van der Waals surface area contributed by atoms with Crippen molar-refractivity contribution in [3.8, 4) is 0 Å². The number of nitrogens with zero attached hydrogens (tertiary/aromatic N) is 2. The molecule has 1 fully saturated rings. The highest BCUT2D eigenvalue weighted by Gasteiger charge is 2.35. The van der Waals surface area contributed by atoms with Gasteiger partial charge in [0.2, 0.25) is 0 Å². The van der Waals surface area contributed by atoms with E-state index in [4.69, 9.17) is 4.74 Å². The van der Waals surface area contributed by atoms with Crippen LogP contribution in [0.4, 0.5) is 0 Å². The highest BCUT2D eigenvalue weighted by atomic mass is 16.5. The first kappa shape index (κ1) is 6.85. The van der Waals surface area contributed by atoms with E-state index in [-0.39, 0.29) is 5.54 Å². The van der Waals surface area contributed by atoms with Gasteiger partial charge in [-0.2, -0.15) is 5.10 Å². The maximum Gasteiger partial charge on any atom is 0.106 e. The fraction of sp³-hybridized carbons (Fsp3) is 0.625. The molecule has 1 saturated heterocycles. The second-order valence-corrected chi connectivity index (χ2v) is 3.45. The normalized spacial score (nSPS) is 21.3. The molecule has 0 spiro atoms. The Kier molecular flexibility index (Phi) is 1.29. The first-order valence-electron chi connectivity index (χ1n) is 3.80. The summed E-state index contributed by atoms with van der Waals surface area (Å²) in [5.41, 5.74) is 1.33. The van der Waals surface area contributed by atoms with Gasteiger partial charge in [-0.3, -0.25) is 4.68 Å². The van der Waals surface area contributed by atoms with E-state index < -0.39 is 0 Å². The third-order valence-corrected chi connectivity index (χ3v) is 2.09. The Balaban J connectivity index is 2.28. The highest BCUT2D eigenvalue weighted by molar-refractivity contribution is 5.03. The molecule has 0 aromatic carbocycles. The first-order valence-corrected chi connectivity index (χ1v) is 3.80. The molecule has 11 heavy (non-hydrogen) atoms. The molecular weight excluding hydrogens is 140 g/mol.